The highest BCUT2D eigenvalue weighted by Crippen LogP contribution is 2.35. The van der Waals surface area contributed by atoms with Gasteiger partial charge in [0, 0.05) is 0 Å². The Morgan fingerprint density at radius 2 is 1.24 bits per heavy atom. The second-order valence-corrected chi connectivity index (χ2v) is 7.31. The minimum absolute atomic E-state index is 0.692. The summed E-state index contributed by atoms with van der Waals surface area (Å²) >= 11 is 0. The van der Waals surface area contributed by atoms with E-state index in [9.17, 15) is 0 Å². The first-order chi connectivity index (χ1) is 12.2. The van der Waals surface area contributed by atoms with E-state index >= 15 is 0 Å². The highest BCUT2D eigenvalue weighted by molar-refractivity contribution is 5.84. The van der Waals surface area contributed by atoms with Crippen molar-refractivity contribution < 1.29 is 0 Å². The molecule has 0 heteroatoms. The summed E-state index contributed by atoms with van der Waals surface area (Å²) in [7, 11) is 0. The van der Waals surface area contributed by atoms with Crippen molar-refractivity contribution in [1.82, 2.24) is 0 Å². The number of fused-ring (bicyclic) bond motifs is 2. The van der Waals surface area contributed by atoms with Crippen molar-refractivity contribution in [3.05, 3.63) is 82.9 Å². The molecule has 25 heavy (non-hydrogen) atoms. The first-order valence-electron chi connectivity index (χ1n) is 9.79. The third kappa shape index (κ3) is 4.12. The molecule has 130 valence electrons. The molecule has 0 unspecified atom stereocenters. The summed E-state index contributed by atoms with van der Waals surface area (Å²) < 4.78 is 0. The number of rotatable bonds is 1. The Bertz CT molecular complexity index is 801. The molecule has 0 radical (unpaired) electrons. The van der Waals surface area contributed by atoms with Crippen LogP contribution < -0.4 is 0 Å². The van der Waals surface area contributed by atoms with Gasteiger partial charge in [0.15, 0.2) is 0 Å². The number of aryl methyl sites for hydroxylation is 3. The predicted octanol–water partition coefficient (Wildman–Crippen LogP) is 7.23. The second kappa shape index (κ2) is 8.34. The van der Waals surface area contributed by atoms with Crippen LogP contribution in [0.3, 0.4) is 0 Å². The van der Waals surface area contributed by atoms with Gasteiger partial charge in [-0.15, -0.1) is 0 Å². The summed E-state index contributed by atoms with van der Waals surface area (Å²) in [5.41, 5.74) is 6.13. The predicted molar refractivity (Wildman–Crippen MR) is 110 cm³/mol. The van der Waals surface area contributed by atoms with Gasteiger partial charge in [0.05, 0.1) is 0 Å². The average Bonchev–Trinajstić information content (AvgIpc) is 2.84. The third-order valence-corrected chi connectivity index (χ3v) is 5.22. The zero-order valence-corrected chi connectivity index (χ0v) is 15.9. The van der Waals surface area contributed by atoms with Crippen LogP contribution in [-0.4, -0.2) is 0 Å². The lowest BCUT2D eigenvalue weighted by atomic mass is 9.87. The highest BCUT2D eigenvalue weighted by atomic mass is 14.2. The average molecular weight is 331 g/mol. The van der Waals surface area contributed by atoms with Gasteiger partial charge in [-0.3, -0.25) is 0 Å². The Balaban J connectivity index is 0.000000569. The van der Waals surface area contributed by atoms with Crippen molar-refractivity contribution in [3.63, 3.8) is 0 Å². The summed E-state index contributed by atoms with van der Waals surface area (Å²) in [5, 5.41) is 2.74. The largest absolute Gasteiger partial charge is 0.0656 e. The fourth-order valence-corrected chi connectivity index (χ4v) is 3.97. The van der Waals surface area contributed by atoms with Crippen molar-refractivity contribution in [2.45, 2.75) is 58.8 Å². The van der Waals surface area contributed by atoms with Crippen LogP contribution in [0.2, 0.25) is 0 Å². The fraction of sp³-hybridized carbons (Fsp3) is 0.360. The van der Waals surface area contributed by atoms with Crippen LogP contribution in [0.25, 0.3) is 10.8 Å². The van der Waals surface area contributed by atoms with Crippen LogP contribution in [0.1, 0.15) is 61.3 Å². The van der Waals surface area contributed by atoms with Crippen LogP contribution in [0.5, 0.6) is 0 Å². The molecule has 3 aromatic carbocycles. The highest BCUT2D eigenvalue weighted by Gasteiger charge is 2.19. The molecule has 0 nitrogen and oxygen atoms in total. The van der Waals surface area contributed by atoms with Crippen molar-refractivity contribution in [2.24, 2.45) is 0 Å². The van der Waals surface area contributed by atoms with Crippen LogP contribution in [0.4, 0.5) is 0 Å². The number of hydrogen-bond acceptors (Lipinski definition) is 0. The summed E-state index contributed by atoms with van der Waals surface area (Å²) in [6, 6.07) is 22.5. The molecule has 3 aromatic rings. The lowest BCUT2D eigenvalue weighted by molar-refractivity contribution is 0.597. The molecule has 0 aromatic heterocycles. The molecule has 0 saturated carbocycles. The molecule has 0 bridgehead atoms. The molecular weight excluding hydrogens is 300 g/mol. The normalized spacial score (nSPS) is 14.4. The van der Waals surface area contributed by atoms with Crippen LogP contribution in [0, 0.1) is 6.92 Å². The Kier molecular flexibility index (Phi) is 5.91. The summed E-state index contributed by atoms with van der Waals surface area (Å²) in [5.74, 6) is 0.692. The summed E-state index contributed by atoms with van der Waals surface area (Å²) in [6.45, 7) is 6.53. The van der Waals surface area contributed by atoms with Crippen molar-refractivity contribution in [1.29, 1.82) is 0 Å². The zero-order chi connectivity index (χ0) is 17.6. The van der Waals surface area contributed by atoms with E-state index in [2.05, 4.69) is 81.4 Å². The van der Waals surface area contributed by atoms with E-state index in [1.54, 1.807) is 16.7 Å². The monoisotopic (exact) mass is 330 g/mol. The van der Waals surface area contributed by atoms with Gasteiger partial charge in [-0.1, -0.05) is 80.9 Å². The SMILES string of the molecule is CCC.Cc1cc2ccccc2cc1C1CCc2ccccc2CC1. The van der Waals surface area contributed by atoms with Gasteiger partial charge in [0.2, 0.25) is 0 Å². The Morgan fingerprint density at radius 1 is 0.760 bits per heavy atom. The van der Waals surface area contributed by atoms with E-state index in [1.165, 1.54) is 48.4 Å². The van der Waals surface area contributed by atoms with Gasteiger partial charge in [0.25, 0.3) is 0 Å². The van der Waals surface area contributed by atoms with Gasteiger partial charge in [-0.25, -0.2) is 0 Å². The molecule has 4 rings (SSSR count). The molecule has 0 fully saturated rings. The van der Waals surface area contributed by atoms with E-state index in [-0.39, 0.29) is 0 Å². The number of hydrogen-bond donors (Lipinski definition) is 0. The maximum Gasteiger partial charge on any atom is -0.0153 e. The molecular formula is C25H30. The molecule has 0 aliphatic heterocycles. The van der Waals surface area contributed by atoms with Crippen LogP contribution >= 0.6 is 0 Å². The van der Waals surface area contributed by atoms with Gasteiger partial charge in [0.1, 0.15) is 0 Å². The molecule has 0 heterocycles. The molecule has 0 atom stereocenters. The smallest absolute Gasteiger partial charge is 0.0153 e. The van der Waals surface area contributed by atoms with Crippen LogP contribution in [0.15, 0.2) is 60.7 Å². The number of benzene rings is 3. The lowest BCUT2D eigenvalue weighted by Crippen LogP contribution is -2.02. The van der Waals surface area contributed by atoms with Gasteiger partial charge < -0.3 is 0 Å². The molecule has 1 aliphatic carbocycles. The van der Waals surface area contributed by atoms with Gasteiger partial charge in [-0.2, -0.15) is 0 Å². The zero-order valence-electron chi connectivity index (χ0n) is 15.9. The van der Waals surface area contributed by atoms with E-state index in [0.29, 0.717) is 5.92 Å². The Morgan fingerprint density at radius 3 is 1.80 bits per heavy atom. The Labute approximate surface area is 152 Å². The maximum absolute atomic E-state index is 2.44. The first kappa shape index (κ1) is 17.7. The summed E-state index contributed by atoms with van der Waals surface area (Å²) in [4.78, 5) is 0. The van der Waals surface area contributed by atoms with Crippen molar-refractivity contribution in [2.75, 3.05) is 0 Å². The maximum atomic E-state index is 2.44. The molecule has 0 amide bonds. The van der Waals surface area contributed by atoms with E-state index < -0.39 is 0 Å². The Hall–Kier alpha value is -2.08. The van der Waals surface area contributed by atoms with Crippen molar-refractivity contribution in [3.8, 4) is 0 Å². The van der Waals surface area contributed by atoms with Crippen molar-refractivity contribution >= 4 is 10.8 Å². The van der Waals surface area contributed by atoms with Gasteiger partial charge >= 0.3 is 0 Å². The molecule has 0 saturated heterocycles. The third-order valence-electron chi connectivity index (χ3n) is 5.22. The second-order valence-electron chi connectivity index (χ2n) is 7.31. The standard InChI is InChI=1S/C22H22.C3H8/c1-16-14-20-8-4-5-9-21(20)15-22(16)19-12-10-17-6-2-3-7-18(17)11-13-19;1-3-2/h2-9,14-15,19H,10-13H2,1H3;3H2,1-2H3. The van der Waals surface area contributed by atoms with E-state index in [0.717, 1.165) is 0 Å². The molecule has 0 spiro atoms. The fourth-order valence-electron chi connectivity index (χ4n) is 3.97. The van der Waals surface area contributed by atoms with Crippen LogP contribution in [-0.2, 0) is 12.8 Å². The molecule has 1 aliphatic rings. The van der Waals surface area contributed by atoms with E-state index in [1.807, 2.05) is 0 Å². The van der Waals surface area contributed by atoms with E-state index in [4.69, 9.17) is 0 Å². The van der Waals surface area contributed by atoms with Gasteiger partial charge in [-0.05, 0) is 71.6 Å². The minimum atomic E-state index is 0.692. The molecule has 0 N–H and O–H groups in total. The lowest BCUT2D eigenvalue weighted by Gasteiger charge is -2.18. The summed E-state index contributed by atoms with van der Waals surface area (Å²) in [6.07, 6.45) is 6.23. The minimum Gasteiger partial charge on any atom is -0.0656 e. The topological polar surface area (TPSA) is 0 Å². The quantitative estimate of drug-likeness (QED) is 0.413. The first-order valence-corrected chi connectivity index (χ1v) is 9.79.